The molecule has 0 atom stereocenters. The van der Waals surface area contributed by atoms with E-state index in [1.807, 2.05) is 6.92 Å². The minimum absolute atomic E-state index is 0.0798. The third-order valence-corrected chi connectivity index (χ3v) is 1.76. The topological polar surface area (TPSA) is 63.2 Å². The van der Waals surface area contributed by atoms with Crippen LogP contribution < -0.4 is 15.4 Å². The first kappa shape index (κ1) is 11.5. The Morgan fingerprint density at radius 2 is 2.33 bits per heavy atom. The van der Waals surface area contributed by atoms with Gasteiger partial charge in [0.1, 0.15) is 0 Å². The number of amides is 1. The van der Waals surface area contributed by atoms with E-state index < -0.39 is 0 Å². The van der Waals surface area contributed by atoms with Gasteiger partial charge in [0.15, 0.2) is 0 Å². The molecule has 0 aliphatic heterocycles. The van der Waals surface area contributed by atoms with Gasteiger partial charge in [0, 0.05) is 6.07 Å². The van der Waals surface area contributed by atoms with Crippen LogP contribution in [-0.4, -0.2) is 31.1 Å². The van der Waals surface area contributed by atoms with E-state index in [0.717, 1.165) is 6.54 Å². The number of nitrogens with zero attached hydrogens (tertiary/aromatic N) is 1. The van der Waals surface area contributed by atoms with Crippen molar-refractivity contribution in [2.24, 2.45) is 0 Å². The number of methoxy groups -OCH3 is 1. The molecule has 0 saturated heterocycles. The normalized spacial score (nSPS) is 9.73. The van der Waals surface area contributed by atoms with Gasteiger partial charge < -0.3 is 15.4 Å². The minimum atomic E-state index is -0.0798. The molecule has 0 spiro atoms. The first-order valence-corrected chi connectivity index (χ1v) is 4.77. The number of aromatic nitrogens is 1. The van der Waals surface area contributed by atoms with Gasteiger partial charge in [-0.15, -0.1) is 0 Å². The Bertz CT molecular complexity index is 311. The molecule has 0 aromatic carbocycles. The Balaban J connectivity index is 2.46. The van der Waals surface area contributed by atoms with Gasteiger partial charge in [-0.1, -0.05) is 6.92 Å². The van der Waals surface area contributed by atoms with E-state index in [1.165, 1.54) is 0 Å². The lowest BCUT2D eigenvalue weighted by atomic mass is 10.4. The Labute approximate surface area is 88.9 Å². The fourth-order valence-corrected chi connectivity index (χ4v) is 1.02. The lowest BCUT2D eigenvalue weighted by Crippen LogP contribution is -2.27. The van der Waals surface area contributed by atoms with E-state index in [9.17, 15) is 4.79 Å². The number of hydrogen-bond donors (Lipinski definition) is 2. The van der Waals surface area contributed by atoms with Crippen LogP contribution in [0, 0.1) is 0 Å². The molecular formula is C10H15N3O2. The van der Waals surface area contributed by atoms with Crippen LogP contribution in [0.5, 0.6) is 5.88 Å². The summed E-state index contributed by atoms with van der Waals surface area (Å²) in [4.78, 5) is 15.3. The molecular weight excluding hydrogens is 194 g/mol. The summed E-state index contributed by atoms with van der Waals surface area (Å²) in [6, 6.07) is 3.44. The van der Waals surface area contributed by atoms with Crippen molar-refractivity contribution in [3.8, 4) is 5.88 Å². The monoisotopic (exact) mass is 209 g/mol. The quantitative estimate of drug-likeness (QED) is 0.747. The standard InChI is InChI=1S/C10H15N3O2/c1-3-11-7-9(14)13-8-4-5-10(15-2)12-6-8/h4-6,11H,3,7H2,1-2H3,(H,13,14). The van der Waals surface area contributed by atoms with Crippen LogP contribution in [0.3, 0.4) is 0 Å². The van der Waals surface area contributed by atoms with Gasteiger partial charge in [-0.3, -0.25) is 4.79 Å². The van der Waals surface area contributed by atoms with E-state index in [0.29, 0.717) is 18.1 Å². The number of ether oxygens (including phenoxy) is 1. The average Bonchev–Trinajstić information content (AvgIpc) is 2.27. The van der Waals surface area contributed by atoms with Gasteiger partial charge in [0.05, 0.1) is 25.5 Å². The van der Waals surface area contributed by atoms with Crippen LogP contribution in [0.25, 0.3) is 0 Å². The van der Waals surface area contributed by atoms with Crippen molar-refractivity contribution in [3.05, 3.63) is 18.3 Å². The summed E-state index contributed by atoms with van der Waals surface area (Å²) in [6.07, 6.45) is 1.56. The number of carbonyl (C=O) groups is 1. The van der Waals surface area contributed by atoms with Crippen molar-refractivity contribution in [1.82, 2.24) is 10.3 Å². The molecule has 0 radical (unpaired) electrons. The first-order valence-electron chi connectivity index (χ1n) is 4.77. The van der Waals surface area contributed by atoms with Crippen molar-refractivity contribution in [1.29, 1.82) is 0 Å². The lowest BCUT2D eigenvalue weighted by molar-refractivity contribution is -0.115. The second-order valence-corrected chi connectivity index (χ2v) is 2.92. The number of likely N-dealkylation sites (N-methyl/N-ethyl adjacent to an activating group) is 1. The first-order chi connectivity index (χ1) is 7.26. The molecule has 1 aromatic heterocycles. The van der Waals surface area contributed by atoms with Gasteiger partial charge in [0.25, 0.3) is 0 Å². The Morgan fingerprint density at radius 1 is 1.53 bits per heavy atom. The molecule has 1 aromatic rings. The predicted molar refractivity (Wildman–Crippen MR) is 58.0 cm³/mol. The maximum atomic E-state index is 11.3. The van der Waals surface area contributed by atoms with Gasteiger partial charge in [0.2, 0.25) is 11.8 Å². The summed E-state index contributed by atoms with van der Waals surface area (Å²) in [5, 5.41) is 5.64. The molecule has 0 unspecified atom stereocenters. The highest BCUT2D eigenvalue weighted by Gasteiger charge is 2.01. The second-order valence-electron chi connectivity index (χ2n) is 2.92. The molecule has 0 aliphatic rings. The minimum Gasteiger partial charge on any atom is -0.481 e. The molecule has 1 rings (SSSR count). The zero-order valence-electron chi connectivity index (χ0n) is 8.91. The van der Waals surface area contributed by atoms with E-state index in [4.69, 9.17) is 4.74 Å². The van der Waals surface area contributed by atoms with Crippen molar-refractivity contribution in [2.75, 3.05) is 25.5 Å². The fraction of sp³-hybridized carbons (Fsp3) is 0.400. The summed E-state index contributed by atoms with van der Waals surface area (Å²) in [6.45, 7) is 3.03. The van der Waals surface area contributed by atoms with Gasteiger partial charge in [-0.2, -0.15) is 0 Å². The van der Waals surface area contributed by atoms with Crippen LogP contribution in [0.15, 0.2) is 18.3 Å². The lowest BCUT2D eigenvalue weighted by Gasteiger charge is -2.05. The highest BCUT2D eigenvalue weighted by molar-refractivity contribution is 5.92. The summed E-state index contributed by atoms with van der Waals surface area (Å²) in [7, 11) is 1.55. The van der Waals surface area contributed by atoms with Gasteiger partial charge >= 0.3 is 0 Å². The fourth-order valence-electron chi connectivity index (χ4n) is 1.02. The zero-order valence-corrected chi connectivity index (χ0v) is 8.91. The molecule has 2 N–H and O–H groups in total. The Kier molecular flexibility index (Phi) is 4.56. The van der Waals surface area contributed by atoms with E-state index >= 15 is 0 Å². The highest BCUT2D eigenvalue weighted by Crippen LogP contribution is 2.10. The van der Waals surface area contributed by atoms with Gasteiger partial charge in [-0.05, 0) is 12.6 Å². The van der Waals surface area contributed by atoms with Crippen LogP contribution in [0.4, 0.5) is 5.69 Å². The number of nitrogens with one attached hydrogen (secondary N) is 2. The number of hydrogen-bond acceptors (Lipinski definition) is 4. The molecule has 0 bridgehead atoms. The van der Waals surface area contributed by atoms with E-state index in [2.05, 4.69) is 15.6 Å². The summed E-state index contributed by atoms with van der Waals surface area (Å²) in [5.41, 5.74) is 0.665. The molecule has 5 nitrogen and oxygen atoms in total. The SMILES string of the molecule is CCNCC(=O)Nc1ccc(OC)nc1. The number of carbonyl (C=O) groups excluding carboxylic acids is 1. The van der Waals surface area contributed by atoms with Crippen LogP contribution in [-0.2, 0) is 4.79 Å². The number of anilines is 1. The number of rotatable bonds is 5. The number of pyridine rings is 1. The predicted octanol–water partition coefficient (Wildman–Crippen LogP) is 0.638. The van der Waals surface area contributed by atoms with E-state index in [1.54, 1.807) is 25.4 Å². The highest BCUT2D eigenvalue weighted by atomic mass is 16.5. The van der Waals surface area contributed by atoms with E-state index in [-0.39, 0.29) is 5.91 Å². The van der Waals surface area contributed by atoms with Crippen molar-refractivity contribution < 1.29 is 9.53 Å². The maximum absolute atomic E-state index is 11.3. The zero-order chi connectivity index (χ0) is 11.1. The van der Waals surface area contributed by atoms with Crippen molar-refractivity contribution >= 4 is 11.6 Å². The summed E-state index contributed by atoms with van der Waals surface area (Å²) >= 11 is 0. The molecule has 0 aliphatic carbocycles. The van der Waals surface area contributed by atoms with Crippen LogP contribution in [0.1, 0.15) is 6.92 Å². The second kappa shape index (κ2) is 5.98. The maximum Gasteiger partial charge on any atom is 0.238 e. The van der Waals surface area contributed by atoms with Gasteiger partial charge in [-0.25, -0.2) is 4.98 Å². The smallest absolute Gasteiger partial charge is 0.238 e. The Hall–Kier alpha value is -1.62. The summed E-state index contributed by atoms with van der Waals surface area (Å²) < 4.78 is 4.90. The molecule has 1 heterocycles. The Morgan fingerprint density at radius 3 is 2.87 bits per heavy atom. The molecule has 0 fully saturated rings. The molecule has 5 heteroatoms. The molecule has 1 amide bonds. The van der Waals surface area contributed by atoms with Crippen molar-refractivity contribution in [2.45, 2.75) is 6.92 Å². The van der Waals surface area contributed by atoms with Crippen molar-refractivity contribution in [3.63, 3.8) is 0 Å². The third kappa shape index (κ3) is 3.95. The summed E-state index contributed by atoms with van der Waals surface area (Å²) in [5.74, 6) is 0.448. The molecule has 15 heavy (non-hydrogen) atoms. The average molecular weight is 209 g/mol. The molecule has 0 saturated carbocycles. The molecule has 82 valence electrons. The third-order valence-electron chi connectivity index (χ3n) is 1.76. The largest absolute Gasteiger partial charge is 0.481 e. The van der Waals surface area contributed by atoms with Crippen LogP contribution in [0.2, 0.25) is 0 Å². The van der Waals surface area contributed by atoms with Crippen LogP contribution >= 0.6 is 0 Å².